The van der Waals surface area contributed by atoms with Gasteiger partial charge in [0.25, 0.3) is 5.52 Å². The van der Waals surface area contributed by atoms with Gasteiger partial charge in [-0.2, -0.15) is 4.57 Å². The summed E-state index contributed by atoms with van der Waals surface area (Å²) in [6, 6.07) is 37.9. The Morgan fingerprint density at radius 3 is 1.75 bits per heavy atom. The highest BCUT2D eigenvalue weighted by Crippen LogP contribution is 2.41. The van der Waals surface area contributed by atoms with Crippen LogP contribution in [-0.2, 0) is 7.05 Å². The normalized spacial score (nSPS) is 11.8. The predicted molar refractivity (Wildman–Crippen MR) is 186 cm³/mol. The van der Waals surface area contributed by atoms with E-state index in [1.54, 1.807) is 0 Å². The van der Waals surface area contributed by atoms with Crippen LogP contribution in [0.4, 0.5) is 0 Å². The third-order valence-electron chi connectivity index (χ3n) is 9.05. The summed E-state index contributed by atoms with van der Waals surface area (Å²) in [4.78, 5) is 0. The second-order valence-electron chi connectivity index (χ2n) is 13.2. The van der Waals surface area contributed by atoms with E-state index in [-0.39, 0.29) is 0 Å². The number of fused-ring (bicyclic) bond motifs is 1. The lowest BCUT2D eigenvalue weighted by atomic mass is 9.82. The van der Waals surface area contributed by atoms with Gasteiger partial charge in [0.2, 0.25) is 5.58 Å². The molecule has 0 amide bonds. The van der Waals surface area contributed by atoms with Crippen molar-refractivity contribution in [2.24, 2.45) is 7.05 Å². The number of oxazole rings is 1. The van der Waals surface area contributed by atoms with Gasteiger partial charge in [0.05, 0.1) is 5.56 Å². The van der Waals surface area contributed by atoms with Crippen molar-refractivity contribution < 1.29 is 8.98 Å². The maximum Gasteiger partial charge on any atom is 0.381 e. The monoisotopic (exact) mass is 578 g/mol. The van der Waals surface area contributed by atoms with Crippen LogP contribution in [0.1, 0.15) is 81.5 Å². The largest absolute Gasteiger partial charge is 0.398 e. The topological polar surface area (TPSA) is 17.0 Å². The molecule has 6 rings (SSSR count). The van der Waals surface area contributed by atoms with Crippen molar-refractivity contribution in [2.75, 3.05) is 0 Å². The Morgan fingerprint density at radius 2 is 1.14 bits per heavy atom. The molecule has 2 heteroatoms. The lowest BCUT2D eigenvalue weighted by Crippen LogP contribution is -2.28. The van der Waals surface area contributed by atoms with Gasteiger partial charge < -0.3 is 4.42 Å². The molecular weight excluding hydrogens is 534 g/mol. The lowest BCUT2D eigenvalue weighted by molar-refractivity contribution is -0.637. The van der Waals surface area contributed by atoms with E-state index in [1.807, 2.05) is 0 Å². The average molecular weight is 579 g/mol. The van der Waals surface area contributed by atoms with E-state index >= 15 is 0 Å². The molecule has 0 fully saturated rings. The molecule has 1 heterocycles. The maximum absolute atomic E-state index is 6.59. The van der Waals surface area contributed by atoms with Crippen molar-refractivity contribution >= 4 is 11.1 Å². The molecule has 0 radical (unpaired) electrons. The summed E-state index contributed by atoms with van der Waals surface area (Å²) in [5.74, 6) is 2.16. The van der Waals surface area contributed by atoms with E-state index in [0.29, 0.717) is 17.8 Å². The quantitative estimate of drug-likeness (QED) is 0.172. The van der Waals surface area contributed by atoms with E-state index in [2.05, 4.69) is 163 Å². The van der Waals surface area contributed by atoms with E-state index in [4.69, 9.17) is 4.42 Å². The summed E-state index contributed by atoms with van der Waals surface area (Å²) >= 11 is 0. The van der Waals surface area contributed by atoms with Crippen LogP contribution < -0.4 is 4.57 Å². The minimum absolute atomic E-state index is 0.381. The zero-order valence-electron chi connectivity index (χ0n) is 27.4. The molecular formula is C42H44NO+. The minimum atomic E-state index is 0.381. The van der Waals surface area contributed by atoms with Gasteiger partial charge >= 0.3 is 5.89 Å². The van der Waals surface area contributed by atoms with Crippen LogP contribution in [0.2, 0.25) is 0 Å². The molecule has 0 unspecified atom stereocenters. The lowest BCUT2D eigenvalue weighted by Gasteiger charge is -2.22. The van der Waals surface area contributed by atoms with Gasteiger partial charge in [0, 0.05) is 6.07 Å². The van der Waals surface area contributed by atoms with Crippen LogP contribution in [0.15, 0.2) is 108 Å². The first kappa shape index (κ1) is 29.6. The summed E-state index contributed by atoms with van der Waals surface area (Å²) in [6.07, 6.45) is 0. The standard InChI is InChI=1S/C42H44NO/c1-26(2)30-16-18-32(19-17-30)33-20-21-40-39(25-33)43(8)42(44-40)38-22-34(15-14-29(38)7)41-36(27(3)4)23-35(24-37(41)28(5)6)31-12-10-9-11-13-31/h9-28H,1-8H3/q+1. The summed E-state index contributed by atoms with van der Waals surface area (Å²) < 4.78 is 8.80. The van der Waals surface area contributed by atoms with Gasteiger partial charge in [-0.25, -0.2) is 0 Å². The Bertz CT molecular complexity index is 1910. The number of aromatic nitrogens is 1. The zero-order chi connectivity index (χ0) is 31.1. The Hall–Kier alpha value is -4.43. The summed E-state index contributed by atoms with van der Waals surface area (Å²) in [5, 5.41) is 0. The fraction of sp³-hybridized carbons (Fsp3) is 0.262. The Kier molecular flexibility index (Phi) is 8.03. The van der Waals surface area contributed by atoms with Gasteiger partial charge in [0.15, 0.2) is 0 Å². The highest BCUT2D eigenvalue weighted by Gasteiger charge is 2.25. The highest BCUT2D eigenvalue weighted by molar-refractivity contribution is 5.83. The number of aryl methyl sites for hydroxylation is 2. The number of hydrogen-bond donors (Lipinski definition) is 0. The van der Waals surface area contributed by atoms with Crippen LogP contribution in [0.25, 0.3) is 55.9 Å². The first-order chi connectivity index (χ1) is 21.1. The van der Waals surface area contributed by atoms with Crippen LogP contribution >= 0.6 is 0 Å². The molecule has 0 saturated heterocycles. The second kappa shape index (κ2) is 11.9. The summed E-state index contributed by atoms with van der Waals surface area (Å²) in [7, 11) is 2.12. The molecule has 0 aliphatic rings. The molecule has 0 bridgehead atoms. The highest BCUT2D eigenvalue weighted by atomic mass is 16.4. The number of rotatable bonds is 7. The maximum atomic E-state index is 6.59. The smallest absolute Gasteiger partial charge is 0.381 e. The van der Waals surface area contributed by atoms with Gasteiger partial charge in [-0.15, -0.1) is 0 Å². The van der Waals surface area contributed by atoms with E-state index in [1.165, 1.54) is 55.6 Å². The molecule has 222 valence electrons. The van der Waals surface area contributed by atoms with Crippen molar-refractivity contribution in [1.82, 2.24) is 0 Å². The molecule has 2 nitrogen and oxygen atoms in total. The third kappa shape index (κ3) is 5.50. The Morgan fingerprint density at radius 1 is 0.545 bits per heavy atom. The van der Waals surface area contributed by atoms with E-state index in [0.717, 1.165) is 22.6 Å². The third-order valence-corrected chi connectivity index (χ3v) is 9.05. The zero-order valence-corrected chi connectivity index (χ0v) is 27.4. The van der Waals surface area contributed by atoms with Crippen molar-refractivity contribution in [3.05, 3.63) is 125 Å². The molecule has 44 heavy (non-hydrogen) atoms. The molecule has 0 N–H and O–H groups in total. The number of nitrogens with zero attached hydrogens (tertiary/aromatic N) is 1. The minimum Gasteiger partial charge on any atom is -0.398 e. The van der Waals surface area contributed by atoms with Crippen LogP contribution in [0, 0.1) is 6.92 Å². The molecule has 6 aromatic rings. The van der Waals surface area contributed by atoms with Crippen LogP contribution in [0.5, 0.6) is 0 Å². The first-order valence-corrected chi connectivity index (χ1v) is 16.0. The van der Waals surface area contributed by atoms with Crippen molar-refractivity contribution in [3.63, 3.8) is 0 Å². The van der Waals surface area contributed by atoms with E-state index < -0.39 is 0 Å². The summed E-state index contributed by atoms with van der Waals surface area (Å²) in [5.41, 5.74) is 16.0. The van der Waals surface area contributed by atoms with Gasteiger partial charge in [0.1, 0.15) is 7.05 Å². The van der Waals surface area contributed by atoms with Crippen molar-refractivity contribution in [2.45, 2.75) is 66.2 Å². The molecule has 0 aliphatic heterocycles. The fourth-order valence-corrected chi connectivity index (χ4v) is 6.36. The van der Waals surface area contributed by atoms with Crippen LogP contribution in [0.3, 0.4) is 0 Å². The van der Waals surface area contributed by atoms with Crippen molar-refractivity contribution in [3.8, 4) is 44.8 Å². The molecule has 0 aliphatic carbocycles. The molecule has 0 spiro atoms. The van der Waals surface area contributed by atoms with Crippen molar-refractivity contribution in [1.29, 1.82) is 0 Å². The SMILES string of the molecule is Cc1ccc(-c2c(C(C)C)cc(-c3ccccc3)cc2C(C)C)cc1-c1oc2ccc(-c3ccc(C(C)C)cc3)cc2[n+]1C. The van der Waals surface area contributed by atoms with Crippen LogP contribution in [-0.4, -0.2) is 0 Å². The molecule has 5 aromatic carbocycles. The Labute approximate surface area is 263 Å². The molecule has 0 atom stereocenters. The van der Waals surface area contributed by atoms with Gasteiger partial charge in [-0.05, 0) is 92.4 Å². The average Bonchev–Trinajstić information content (AvgIpc) is 3.36. The van der Waals surface area contributed by atoms with Gasteiger partial charge in [-0.1, -0.05) is 126 Å². The summed E-state index contributed by atoms with van der Waals surface area (Å²) in [6.45, 7) is 15.9. The molecule has 1 aromatic heterocycles. The molecule has 0 saturated carbocycles. The van der Waals surface area contributed by atoms with Gasteiger partial charge in [-0.3, -0.25) is 0 Å². The van der Waals surface area contributed by atoms with E-state index in [9.17, 15) is 0 Å². The second-order valence-corrected chi connectivity index (χ2v) is 13.2. The predicted octanol–water partition coefficient (Wildman–Crippen LogP) is 11.6. The number of hydrogen-bond acceptors (Lipinski definition) is 1. The first-order valence-electron chi connectivity index (χ1n) is 16.0. The fourth-order valence-electron chi connectivity index (χ4n) is 6.36. The number of benzene rings is 5. The Balaban J connectivity index is 1.47.